The summed E-state index contributed by atoms with van der Waals surface area (Å²) in [7, 11) is 0. The van der Waals surface area contributed by atoms with Crippen LogP contribution in [0, 0.1) is 0 Å². The normalized spacial score (nSPS) is 10.8. The second-order valence-electron chi connectivity index (χ2n) is 6.22. The summed E-state index contributed by atoms with van der Waals surface area (Å²) in [6, 6.07) is 14.2. The molecule has 0 aliphatic heterocycles. The number of aromatic nitrogens is 1. The topological polar surface area (TPSA) is 72.8 Å². The predicted octanol–water partition coefficient (Wildman–Crippen LogP) is 5.89. The zero-order valence-electron chi connectivity index (χ0n) is 16.4. The molecule has 160 valence electrons. The van der Waals surface area contributed by atoms with Crippen LogP contribution in [0.15, 0.2) is 64.3 Å². The number of benzene rings is 2. The second kappa shape index (κ2) is 11.1. The van der Waals surface area contributed by atoms with Crippen molar-refractivity contribution in [1.82, 2.24) is 10.4 Å². The van der Waals surface area contributed by atoms with E-state index in [-0.39, 0.29) is 10.7 Å². The van der Waals surface area contributed by atoms with Crippen LogP contribution in [0.4, 0.5) is 0 Å². The number of halogens is 3. The monoisotopic (exact) mass is 521 g/mol. The zero-order chi connectivity index (χ0) is 22.2. The Morgan fingerprint density at radius 1 is 1.19 bits per heavy atom. The fourth-order valence-electron chi connectivity index (χ4n) is 2.58. The lowest BCUT2D eigenvalue weighted by Crippen LogP contribution is -2.18. The van der Waals surface area contributed by atoms with Crippen molar-refractivity contribution in [2.75, 3.05) is 6.61 Å². The van der Waals surface area contributed by atoms with Gasteiger partial charge >= 0.3 is 0 Å². The number of carbonyl (C=O) groups is 1. The molecule has 1 N–H and O–H groups in total. The van der Waals surface area contributed by atoms with E-state index in [1.807, 2.05) is 37.3 Å². The number of nitrogens with zero attached hydrogens (tertiary/aromatic N) is 2. The Labute approximate surface area is 198 Å². The minimum absolute atomic E-state index is 0.110. The van der Waals surface area contributed by atoms with Crippen molar-refractivity contribution in [3.05, 3.63) is 86.1 Å². The van der Waals surface area contributed by atoms with Gasteiger partial charge in [0.05, 0.1) is 22.9 Å². The summed E-state index contributed by atoms with van der Waals surface area (Å²) in [4.78, 5) is 16.0. The molecule has 0 saturated heterocycles. The average molecular weight is 523 g/mol. The molecule has 1 amide bonds. The van der Waals surface area contributed by atoms with Crippen LogP contribution >= 0.6 is 39.1 Å². The summed E-state index contributed by atoms with van der Waals surface area (Å²) in [6.45, 7) is 2.70. The van der Waals surface area contributed by atoms with Crippen LogP contribution in [0.2, 0.25) is 10.2 Å². The zero-order valence-corrected chi connectivity index (χ0v) is 19.5. The fourth-order valence-corrected chi connectivity index (χ4v) is 3.49. The van der Waals surface area contributed by atoms with E-state index in [4.69, 9.17) is 32.7 Å². The first-order valence-corrected chi connectivity index (χ1v) is 10.8. The molecule has 0 saturated carbocycles. The minimum Gasteiger partial charge on any atom is -0.490 e. The highest BCUT2D eigenvalue weighted by Crippen LogP contribution is 2.37. The molecule has 3 aromatic rings. The van der Waals surface area contributed by atoms with Crippen molar-refractivity contribution in [3.63, 3.8) is 0 Å². The molecule has 9 heteroatoms. The van der Waals surface area contributed by atoms with E-state index in [0.717, 1.165) is 5.56 Å². The minimum atomic E-state index is -0.457. The van der Waals surface area contributed by atoms with Gasteiger partial charge in [-0.3, -0.25) is 4.79 Å². The molecule has 1 heterocycles. The van der Waals surface area contributed by atoms with E-state index >= 15 is 0 Å². The molecule has 0 atom stereocenters. The van der Waals surface area contributed by atoms with E-state index in [9.17, 15) is 4.79 Å². The van der Waals surface area contributed by atoms with Crippen LogP contribution in [0.3, 0.4) is 0 Å². The summed E-state index contributed by atoms with van der Waals surface area (Å²) in [5, 5.41) is 4.77. The lowest BCUT2D eigenvalue weighted by Gasteiger charge is -2.14. The van der Waals surface area contributed by atoms with Crippen LogP contribution in [0.25, 0.3) is 0 Å². The third-order valence-corrected chi connectivity index (χ3v) is 5.15. The Hall–Kier alpha value is -2.61. The molecule has 0 radical (unpaired) electrons. The van der Waals surface area contributed by atoms with Crippen molar-refractivity contribution in [2.24, 2.45) is 5.10 Å². The Kier molecular flexibility index (Phi) is 8.28. The first-order valence-electron chi connectivity index (χ1n) is 9.25. The molecule has 1 aromatic heterocycles. The number of hydrogen-bond donors (Lipinski definition) is 1. The quantitative estimate of drug-likeness (QED) is 0.227. The van der Waals surface area contributed by atoms with E-state index in [2.05, 4.69) is 31.4 Å². The smallest absolute Gasteiger partial charge is 0.274 e. The van der Waals surface area contributed by atoms with Gasteiger partial charge in [-0.25, -0.2) is 10.4 Å². The molecule has 0 unspecified atom stereocenters. The maximum atomic E-state index is 12.2. The molecular weight excluding hydrogens is 505 g/mol. The summed E-state index contributed by atoms with van der Waals surface area (Å²) in [5.74, 6) is 0.662. The van der Waals surface area contributed by atoms with Crippen LogP contribution in [0.1, 0.15) is 28.4 Å². The highest BCUT2D eigenvalue weighted by atomic mass is 79.9. The lowest BCUT2D eigenvalue weighted by atomic mass is 10.2. The number of hydrogen-bond acceptors (Lipinski definition) is 5. The van der Waals surface area contributed by atoms with Gasteiger partial charge in [-0.05, 0) is 70.4 Å². The third kappa shape index (κ3) is 6.43. The molecule has 0 spiro atoms. The number of rotatable bonds is 8. The van der Waals surface area contributed by atoms with E-state index in [1.54, 1.807) is 18.2 Å². The third-order valence-electron chi connectivity index (χ3n) is 4.01. The second-order valence-corrected chi connectivity index (χ2v) is 7.87. The molecule has 0 aliphatic carbocycles. The van der Waals surface area contributed by atoms with Crippen LogP contribution in [-0.4, -0.2) is 23.7 Å². The van der Waals surface area contributed by atoms with Gasteiger partial charge in [-0.2, -0.15) is 5.10 Å². The molecular formula is C22H18BrCl2N3O3. The maximum Gasteiger partial charge on any atom is 0.274 e. The van der Waals surface area contributed by atoms with Gasteiger partial charge in [0.25, 0.3) is 5.91 Å². The molecule has 2 aromatic carbocycles. The van der Waals surface area contributed by atoms with Gasteiger partial charge in [-0.15, -0.1) is 0 Å². The first-order chi connectivity index (χ1) is 15.0. The fraction of sp³-hybridized carbons (Fsp3) is 0.136. The number of pyridine rings is 1. The van der Waals surface area contributed by atoms with Crippen molar-refractivity contribution in [3.8, 4) is 11.5 Å². The number of ether oxygens (including phenoxy) is 2. The van der Waals surface area contributed by atoms with Gasteiger partial charge < -0.3 is 9.47 Å². The van der Waals surface area contributed by atoms with Gasteiger partial charge in [-0.1, -0.05) is 35.3 Å². The molecule has 0 aliphatic rings. The van der Waals surface area contributed by atoms with Crippen molar-refractivity contribution in [1.29, 1.82) is 0 Å². The van der Waals surface area contributed by atoms with E-state index < -0.39 is 5.91 Å². The standard InChI is InChI=1S/C22H18BrCl2N3O3/c1-2-30-19-11-15(12-27-28-22(29)17-4-3-9-26-21(17)25)10-18(23)20(19)31-13-14-5-7-16(24)8-6-14/h3-12H,2,13H2,1H3,(H,28,29). The van der Waals surface area contributed by atoms with Crippen molar-refractivity contribution >= 4 is 51.3 Å². The van der Waals surface area contributed by atoms with Crippen molar-refractivity contribution in [2.45, 2.75) is 13.5 Å². The van der Waals surface area contributed by atoms with Crippen LogP contribution < -0.4 is 14.9 Å². The van der Waals surface area contributed by atoms with Gasteiger partial charge in [0.1, 0.15) is 11.8 Å². The maximum absolute atomic E-state index is 12.2. The van der Waals surface area contributed by atoms with E-state index in [0.29, 0.717) is 39.8 Å². The van der Waals surface area contributed by atoms with Gasteiger partial charge in [0, 0.05) is 11.2 Å². The van der Waals surface area contributed by atoms with Gasteiger partial charge in [0.15, 0.2) is 11.5 Å². The lowest BCUT2D eigenvalue weighted by molar-refractivity contribution is 0.0955. The summed E-state index contributed by atoms with van der Waals surface area (Å²) in [6.07, 6.45) is 3.00. The Morgan fingerprint density at radius 2 is 1.97 bits per heavy atom. The van der Waals surface area contributed by atoms with Gasteiger partial charge in [0.2, 0.25) is 0 Å². The Morgan fingerprint density at radius 3 is 2.68 bits per heavy atom. The number of hydrazone groups is 1. The Balaban J connectivity index is 1.73. The Bertz CT molecular complexity index is 1090. The summed E-state index contributed by atoms with van der Waals surface area (Å²) >= 11 is 15.4. The molecule has 3 rings (SSSR count). The predicted molar refractivity (Wildman–Crippen MR) is 125 cm³/mol. The summed E-state index contributed by atoms with van der Waals surface area (Å²) < 4.78 is 12.4. The highest BCUT2D eigenvalue weighted by molar-refractivity contribution is 9.10. The number of carbonyl (C=O) groups excluding carboxylic acids is 1. The van der Waals surface area contributed by atoms with Crippen LogP contribution in [-0.2, 0) is 6.61 Å². The van der Waals surface area contributed by atoms with Crippen molar-refractivity contribution < 1.29 is 14.3 Å². The highest BCUT2D eigenvalue weighted by Gasteiger charge is 2.13. The summed E-state index contributed by atoms with van der Waals surface area (Å²) in [5.41, 5.74) is 4.35. The van der Waals surface area contributed by atoms with Crippen LogP contribution in [0.5, 0.6) is 11.5 Å². The molecule has 0 fully saturated rings. The van der Waals surface area contributed by atoms with E-state index in [1.165, 1.54) is 12.4 Å². The molecule has 6 nitrogen and oxygen atoms in total. The first kappa shape index (κ1) is 23.1. The largest absolute Gasteiger partial charge is 0.490 e. The average Bonchev–Trinajstić information content (AvgIpc) is 2.75. The number of nitrogens with one attached hydrogen (secondary N) is 1. The molecule has 0 bridgehead atoms. The SMILES string of the molecule is CCOc1cc(C=NNC(=O)c2cccnc2Cl)cc(Br)c1OCc1ccc(Cl)cc1. The molecule has 31 heavy (non-hydrogen) atoms. The number of amides is 1.